The molecule has 27 heavy (non-hydrogen) atoms. The van der Waals surface area contributed by atoms with Gasteiger partial charge in [-0.1, -0.05) is 12.1 Å². The van der Waals surface area contributed by atoms with Crippen LogP contribution < -0.4 is 15.8 Å². The number of hydrogen-bond donors (Lipinski definition) is 2. The van der Waals surface area contributed by atoms with E-state index in [2.05, 4.69) is 5.32 Å². The molecule has 2 aromatic rings. The molecule has 0 aliphatic rings. The number of primary amides is 1. The number of ether oxygens (including phenoxy) is 2. The fourth-order valence-corrected chi connectivity index (χ4v) is 2.24. The lowest BCUT2D eigenvalue weighted by Crippen LogP contribution is -2.21. The summed E-state index contributed by atoms with van der Waals surface area (Å²) in [5.74, 6) is -0.730. The van der Waals surface area contributed by atoms with Crippen LogP contribution in [0.4, 0.5) is 5.69 Å². The molecule has 0 aliphatic carbocycles. The molecular weight excluding hydrogens is 348 g/mol. The quantitative estimate of drug-likeness (QED) is 0.521. The highest BCUT2D eigenvalue weighted by atomic mass is 16.5. The Balaban J connectivity index is 1.63. The topological polar surface area (TPSA) is 108 Å². The van der Waals surface area contributed by atoms with Crippen molar-refractivity contribution in [2.75, 3.05) is 18.5 Å². The van der Waals surface area contributed by atoms with E-state index < -0.39 is 17.8 Å². The predicted molar refractivity (Wildman–Crippen MR) is 100 cm³/mol. The van der Waals surface area contributed by atoms with Gasteiger partial charge in [0.2, 0.25) is 5.91 Å². The first-order valence-corrected chi connectivity index (χ1v) is 8.49. The second-order valence-electron chi connectivity index (χ2n) is 5.92. The molecule has 0 atom stereocenters. The van der Waals surface area contributed by atoms with E-state index in [0.29, 0.717) is 24.3 Å². The number of hydrogen-bond acceptors (Lipinski definition) is 5. The molecule has 7 nitrogen and oxygen atoms in total. The SMILES string of the molecule is Cc1cccc(OCCCC(=O)OCC(=O)Nc2ccc(C(N)=O)cc2)c1. The molecule has 0 saturated carbocycles. The van der Waals surface area contributed by atoms with Gasteiger partial charge < -0.3 is 20.5 Å². The molecule has 0 fully saturated rings. The summed E-state index contributed by atoms with van der Waals surface area (Å²) in [6, 6.07) is 13.7. The van der Waals surface area contributed by atoms with E-state index in [1.807, 2.05) is 31.2 Å². The maximum absolute atomic E-state index is 11.8. The Bertz CT molecular complexity index is 802. The summed E-state index contributed by atoms with van der Waals surface area (Å²) >= 11 is 0. The number of carbonyl (C=O) groups is 3. The fraction of sp³-hybridized carbons (Fsp3) is 0.250. The number of benzene rings is 2. The van der Waals surface area contributed by atoms with Gasteiger partial charge in [-0.05, 0) is 55.3 Å². The van der Waals surface area contributed by atoms with Gasteiger partial charge in [0.05, 0.1) is 6.61 Å². The minimum absolute atomic E-state index is 0.159. The van der Waals surface area contributed by atoms with Crippen LogP contribution in [0.25, 0.3) is 0 Å². The normalized spacial score (nSPS) is 10.1. The maximum Gasteiger partial charge on any atom is 0.306 e. The Labute approximate surface area is 157 Å². The summed E-state index contributed by atoms with van der Waals surface area (Å²) < 4.78 is 10.5. The number of esters is 1. The van der Waals surface area contributed by atoms with Gasteiger partial charge in [-0.25, -0.2) is 0 Å². The van der Waals surface area contributed by atoms with Gasteiger partial charge >= 0.3 is 5.97 Å². The molecule has 0 heterocycles. The second-order valence-corrected chi connectivity index (χ2v) is 5.92. The van der Waals surface area contributed by atoms with Crippen LogP contribution in [0.3, 0.4) is 0 Å². The first kappa shape index (κ1) is 20.0. The Hall–Kier alpha value is -3.35. The predicted octanol–water partition coefficient (Wildman–Crippen LogP) is 2.43. The van der Waals surface area contributed by atoms with Gasteiger partial charge in [-0.3, -0.25) is 14.4 Å². The van der Waals surface area contributed by atoms with Gasteiger partial charge in [0.15, 0.2) is 6.61 Å². The van der Waals surface area contributed by atoms with Crippen molar-refractivity contribution in [1.29, 1.82) is 0 Å². The summed E-state index contributed by atoms with van der Waals surface area (Å²) in [6.45, 7) is 1.98. The van der Waals surface area contributed by atoms with Crippen molar-refractivity contribution in [3.8, 4) is 5.75 Å². The van der Waals surface area contributed by atoms with Crippen molar-refractivity contribution < 1.29 is 23.9 Å². The number of rotatable bonds is 9. The smallest absolute Gasteiger partial charge is 0.306 e. The first-order chi connectivity index (χ1) is 12.9. The van der Waals surface area contributed by atoms with Crippen molar-refractivity contribution in [1.82, 2.24) is 0 Å². The average Bonchev–Trinajstić information content (AvgIpc) is 2.64. The molecular formula is C20H22N2O5. The Morgan fingerprint density at radius 1 is 1.07 bits per heavy atom. The van der Waals surface area contributed by atoms with Crippen LogP contribution in [0.2, 0.25) is 0 Å². The molecule has 142 valence electrons. The molecule has 3 N–H and O–H groups in total. The lowest BCUT2D eigenvalue weighted by molar-refractivity contribution is -0.147. The third-order valence-electron chi connectivity index (χ3n) is 3.60. The summed E-state index contributed by atoms with van der Waals surface area (Å²) in [5.41, 5.74) is 7.06. The molecule has 0 spiro atoms. The lowest BCUT2D eigenvalue weighted by atomic mass is 10.2. The van der Waals surface area contributed by atoms with Crippen molar-refractivity contribution in [3.63, 3.8) is 0 Å². The summed E-state index contributed by atoms with van der Waals surface area (Å²) in [7, 11) is 0. The summed E-state index contributed by atoms with van der Waals surface area (Å²) in [6.07, 6.45) is 0.648. The molecule has 7 heteroatoms. The van der Waals surface area contributed by atoms with E-state index in [1.165, 1.54) is 12.1 Å². The van der Waals surface area contributed by atoms with E-state index in [9.17, 15) is 14.4 Å². The zero-order valence-electron chi connectivity index (χ0n) is 15.1. The lowest BCUT2D eigenvalue weighted by Gasteiger charge is -2.08. The summed E-state index contributed by atoms with van der Waals surface area (Å²) in [5, 5.41) is 2.56. The highest BCUT2D eigenvalue weighted by Gasteiger charge is 2.09. The van der Waals surface area contributed by atoms with E-state index in [0.717, 1.165) is 11.3 Å². The third-order valence-corrected chi connectivity index (χ3v) is 3.60. The van der Waals surface area contributed by atoms with Crippen molar-refractivity contribution in [3.05, 3.63) is 59.7 Å². The number of aryl methyl sites for hydroxylation is 1. The van der Waals surface area contributed by atoms with Crippen LogP contribution >= 0.6 is 0 Å². The van der Waals surface area contributed by atoms with E-state index in [1.54, 1.807) is 12.1 Å². The first-order valence-electron chi connectivity index (χ1n) is 8.49. The molecule has 0 saturated heterocycles. The minimum atomic E-state index is -0.548. The standard InChI is InChI=1S/C20H22N2O5/c1-14-4-2-5-17(12-14)26-11-3-6-19(24)27-13-18(23)22-16-9-7-15(8-10-16)20(21)25/h2,4-5,7-10,12H,3,6,11,13H2,1H3,(H2,21,25)(H,22,23). The Morgan fingerprint density at radius 3 is 2.48 bits per heavy atom. The van der Waals surface area contributed by atoms with Crippen molar-refractivity contribution in [2.45, 2.75) is 19.8 Å². The average molecular weight is 370 g/mol. The van der Waals surface area contributed by atoms with Crippen LogP contribution in [-0.4, -0.2) is 31.0 Å². The zero-order valence-corrected chi connectivity index (χ0v) is 15.1. The number of amides is 2. The molecule has 2 aromatic carbocycles. The van der Waals surface area contributed by atoms with Crippen LogP contribution in [0.1, 0.15) is 28.8 Å². The van der Waals surface area contributed by atoms with Gasteiger partial charge in [0, 0.05) is 17.7 Å². The molecule has 0 unspecified atom stereocenters. The summed E-state index contributed by atoms with van der Waals surface area (Å²) in [4.78, 5) is 34.4. The van der Waals surface area contributed by atoms with Gasteiger partial charge in [0.1, 0.15) is 5.75 Å². The van der Waals surface area contributed by atoms with Crippen molar-refractivity contribution in [2.24, 2.45) is 5.73 Å². The van der Waals surface area contributed by atoms with Gasteiger partial charge in [0.25, 0.3) is 5.91 Å². The third kappa shape index (κ3) is 7.19. The van der Waals surface area contributed by atoms with Crippen LogP contribution in [0, 0.1) is 6.92 Å². The molecule has 2 amide bonds. The monoisotopic (exact) mass is 370 g/mol. The van der Waals surface area contributed by atoms with E-state index >= 15 is 0 Å². The highest BCUT2D eigenvalue weighted by Crippen LogP contribution is 2.13. The molecule has 0 aromatic heterocycles. The molecule has 0 aliphatic heterocycles. The fourth-order valence-electron chi connectivity index (χ4n) is 2.24. The number of carbonyl (C=O) groups excluding carboxylic acids is 3. The van der Waals surface area contributed by atoms with Crippen molar-refractivity contribution >= 4 is 23.5 Å². The second kappa shape index (κ2) is 9.96. The van der Waals surface area contributed by atoms with E-state index in [4.69, 9.17) is 15.2 Å². The largest absolute Gasteiger partial charge is 0.494 e. The van der Waals surface area contributed by atoms with Gasteiger partial charge in [-0.2, -0.15) is 0 Å². The maximum atomic E-state index is 11.8. The van der Waals surface area contributed by atoms with Crippen LogP contribution in [-0.2, 0) is 14.3 Å². The number of nitrogens with one attached hydrogen (secondary N) is 1. The molecule has 0 bridgehead atoms. The number of nitrogens with two attached hydrogens (primary N) is 1. The minimum Gasteiger partial charge on any atom is -0.494 e. The molecule has 2 rings (SSSR count). The highest BCUT2D eigenvalue weighted by molar-refractivity contribution is 5.95. The van der Waals surface area contributed by atoms with Crippen LogP contribution in [0.15, 0.2) is 48.5 Å². The van der Waals surface area contributed by atoms with Gasteiger partial charge in [-0.15, -0.1) is 0 Å². The Kier molecular flexibility index (Phi) is 7.37. The van der Waals surface area contributed by atoms with E-state index in [-0.39, 0.29) is 13.0 Å². The number of anilines is 1. The molecule has 0 radical (unpaired) electrons. The van der Waals surface area contributed by atoms with Crippen LogP contribution in [0.5, 0.6) is 5.75 Å². The zero-order chi connectivity index (χ0) is 19.6. The Morgan fingerprint density at radius 2 is 1.81 bits per heavy atom.